The molecule has 1 aliphatic heterocycles. The molecular formula is C13H20N2. The van der Waals surface area contributed by atoms with Crippen LogP contribution in [0.1, 0.15) is 38.2 Å². The lowest BCUT2D eigenvalue weighted by atomic mass is 9.99. The van der Waals surface area contributed by atoms with Crippen LogP contribution in [-0.2, 0) is 6.54 Å². The molecule has 1 aromatic heterocycles. The third-order valence-electron chi connectivity index (χ3n) is 3.36. The summed E-state index contributed by atoms with van der Waals surface area (Å²) in [7, 11) is 0. The lowest BCUT2D eigenvalue weighted by molar-refractivity contribution is 0.136. The summed E-state index contributed by atoms with van der Waals surface area (Å²) < 4.78 is 0. The third kappa shape index (κ3) is 2.78. The van der Waals surface area contributed by atoms with E-state index >= 15 is 0 Å². The number of piperidine rings is 1. The van der Waals surface area contributed by atoms with E-state index in [1.807, 2.05) is 12.4 Å². The molecule has 2 rings (SSSR count). The van der Waals surface area contributed by atoms with Crippen LogP contribution in [0.25, 0.3) is 0 Å². The first kappa shape index (κ1) is 10.6. The minimum Gasteiger partial charge on any atom is -0.296 e. The molecule has 15 heavy (non-hydrogen) atoms. The molecule has 1 aliphatic rings. The monoisotopic (exact) mass is 204 g/mol. The van der Waals surface area contributed by atoms with E-state index in [-0.39, 0.29) is 0 Å². The smallest absolute Gasteiger partial charge is 0.0271 e. The molecule has 1 saturated heterocycles. The van der Waals surface area contributed by atoms with Crippen molar-refractivity contribution < 1.29 is 0 Å². The summed E-state index contributed by atoms with van der Waals surface area (Å²) in [6.07, 6.45) is 9.21. The Kier molecular flexibility index (Phi) is 3.73. The third-order valence-corrected chi connectivity index (χ3v) is 3.36. The van der Waals surface area contributed by atoms with Gasteiger partial charge in [0.15, 0.2) is 0 Å². The highest BCUT2D eigenvalue weighted by Crippen LogP contribution is 2.21. The molecule has 82 valence electrons. The molecule has 2 nitrogen and oxygen atoms in total. The quantitative estimate of drug-likeness (QED) is 0.752. The Bertz CT molecular complexity index is 284. The Morgan fingerprint density at radius 1 is 1.33 bits per heavy atom. The topological polar surface area (TPSA) is 16.1 Å². The maximum Gasteiger partial charge on any atom is 0.0271 e. The second-order valence-electron chi connectivity index (χ2n) is 4.38. The Morgan fingerprint density at radius 3 is 2.87 bits per heavy atom. The first-order valence-electron chi connectivity index (χ1n) is 6.03. The SMILES string of the molecule is CCC1CCCCN1Cc1ccncc1. The second kappa shape index (κ2) is 5.26. The van der Waals surface area contributed by atoms with Gasteiger partial charge in [-0.2, -0.15) is 0 Å². The minimum absolute atomic E-state index is 0.798. The highest BCUT2D eigenvalue weighted by Gasteiger charge is 2.20. The van der Waals surface area contributed by atoms with Crippen molar-refractivity contribution in [1.82, 2.24) is 9.88 Å². The number of rotatable bonds is 3. The molecule has 0 aliphatic carbocycles. The molecule has 0 aromatic carbocycles. The van der Waals surface area contributed by atoms with Crippen molar-refractivity contribution in [3.05, 3.63) is 30.1 Å². The summed E-state index contributed by atoms with van der Waals surface area (Å²) in [5.74, 6) is 0. The Balaban J connectivity index is 1.97. The molecule has 0 radical (unpaired) electrons. The first-order chi connectivity index (χ1) is 7.40. The average molecular weight is 204 g/mol. The molecule has 1 atom stereocenters. The van der Waals surface area contributed by atoms with Gasteiger partial charge < -0.3 is 0 Å². The number of nitrogens with zero attached hydrogens (tertiary/aromatic N) is 2. The molecule has 0 amide bonds. The zero-order valence-electron chi connectivity index (χ0n) is 9.52. The fourth-order valence-corrected chi connectivity index (χ4v) is 2.45. The normalized spacial score (nSPS) is 22.9. The molecule has 2 heterocycles. The fraction of sp³-hybridized carbons (Fsp3) is 0.615. The maximum atomic E-state index is 4.06. The number of hydrogen-bond donors (Lipinski definition) is 0. The largest absolute Gasteiger partial charge is 0.296 e. The molecule has 0 bridgehead atoms. The van der Waals surface area contributed by atoms with Gasteiger partial charge >= 0.3 is 0 Å². The fourth-order valence-electron chi connectivity index (χ4n) is 2.45. The van der Waals surface area contributed by atoms with Crippen LogP contribution in [0, 0.1) is 0 Å². The molecule has 1 unspecified atom stereocenters. The molecule has 0 N–H and O–H groups in total. The van der Waals surface area contributed by atoms with E-state index < -0.39 is 0 Å². The van der Waals surface area contributed by atoms with Crippen molar-refractivity contribution >= 4 is 0 Å². The Hall–Kier alpha value is -0.890. The summed E-state index contributed by atoms with van der Waals surface area (Å²) in [4.78, 5) is 6.68. The molecule has 2 heteroatoms. The van der Waals surface area contributed by atoms with E-state index in [1.165, 1.54) is 37.8 Å². The van der Waals surface area contributed by atoms with Crippen molar-refractivity contribution in [2.45, 2.75) is 45.2 Å². The van der Waals surface area contributed by atoms with Crippen LogP contribution in [0.5, 0.6) is 0 Å². The van der Waals surface area contributed by atoms with Crippen LogP contribution in [0.15, 0.2) is 24.5 Å². The number of likely N-dealkylation sites (tertiary alicyclic amines) is 1. The van der Waals surface area contributed by atoms with Gasteiger partial charge in [0.25, 0.3) is 0 Å². The van der Waals surface area contributed by atoms with E-state index in [0.717, 1.165) is 12.6 Å². The number of aromatic nitrogens is 1. The van der Waals surface area contributed by atoms with Crippen molar-refractivity contribution in [3.8, 4) is 0 Å². The molecule has 1 fully saturated rings. The van der Waals surface area contributed by atoms with Crippen LogP contribution < -0.4 is 0 Å². The van der Waals surface area contributed by atoms with Gasteiger partial charge in [-0.15, -0.1) is 0 Å². The summed E-state index contributed by atoms with van der Waals surface area (Å²) in [6.45, 7) is 4.66. The van der Waals surface area contributed by atoms with Crippen LogP contribution in [0.4, 0.5) is 0 Å². The number of pyridine rings is 1. The van der Waals surface area contributed by atoms with Gasteiger partial charge in [-0.25, -0.2) is 0 Å². The highest BCUT2D eigenvalue weighted by atomic mass is 15.2. The number of hydrogen-bond acceptors (Lipinski definition) is 2. The predicted molar refractivity (Wildman–Crippen MR) is 62.6 cm³/mol. The van der Waals surface area contributed by atoms with E-state index in [9.17, 15) is 0 Å². The summed E-state index contributed by atoms with van der Waals surface area (Å²) >= 11 is 0. The highest BCUT2D eigenvalue weighted by molar-refractivity contribution is 5.09. The van der Waals surface area contributed by atoms with Gasteiger partial charge in [0.2, 0.25) is 0 Å². The maximum absolute atomic E-state index is 4.06. The van der Waals surface area contributed by atoms with Crippen molar-refractivity contribution in [3.63, 3.8) is 0 Å². The van der Waals surface area contributed by atoms with Crippen molar-refractivity contribution in [2.24, 2.45) is 0 Å². The van der Waals surface area contributed by atoms with E-state index in [4.69, 9.17) is 0 Å². The lowest BCUT2D eigenvalue weighted by Gasteiger charge is -2.35. The Morgan fingerprint density at radius 2 is 2.13 bits per heavy atom. The summed E-state index contributed by atoms with van der Waals surface area (Å²) in [6, 6.07) is 5.05. The van der Waals surface area contributed by atoms with E-state index in [1.54, 1.807) is 0 Å². The standard InChI is InChI=1S/C13H20N2/c1-2-13-5-3-4-10-15(13)11-12-6-8-14-9-7-12/h6-9,13H,2-5,10-11H2,1H3. The van der Waals surface area contributed by atoms with Gasteiger partial charge in [0.1, 0.15) is 0 Å². The van der Waals surface area contributed by atoms with Gasteiger partial charge in [-0.3, -0.25) is 9.88 Å². The van der Waals surface area contributed by atoms with Gasteiger partial charge in [0, 0.05) is 25.0 Å². The van der Waals surface area contributed by atoms with E-state index in [2.05, 4.69) is 28.9 Å². The van der Waals surface area contributed by atoms with Crippen LogP contribution in [0.3, 0.4) is 0 Å². The van der Waals surface area contributed by atoms with Crippen molar-refractivity contribution in [2.75, 3.05) is 6.54 Å². The lowest BCUT2D eigenvalue weighted by Crippen LogP contribution is -2.38. The molecule has 0 spiro atoms. The van der Waals surface area contributed by atoms with Gasteiger partial charge in [-0.1, -0.05) is 13.3 Å². The first-order valence-corrected chi connectivity index (χ1v) is 6.03. The molecule has 1 aromatic rings. The van der Waals surface area contributed by atoms with Crippen LogP contribution >= 0.6 is 0 Å². The molecule has 0 saturated carbocycles. The van der Waals surface area contributed by atoms with Gasteiger partial charge in [-0.05, 0) is 43.5 Å². The van der Waals surface area contributed by atoms with Gasteiger partial charge in [0.05, 0.1) is 0 Å². The van der Waals surface area contributed by atoms with Crippen molar-refractivity contribution in [1.29, 1.82) is 0 Å². The Labute approximate surface area is 92.3 Å². The van der Waals surface area contributed by atoms with Crippen LogP contribution in [-0.4, -0.2) is 22.5 Å². The minimum atomic E-state index is 0.798. The zero-order chi connectivity index (χ0) is 10.5. The predicted octanol–water partition coefficient (Wildman–Crippen LogP) is 2.85. The van der Waals surface area contributed by atoms with Crippen LogP contribution in [0.2, 0.25) is 0 Å². The summed E-state index contributed by atoms with van der Waals surface area (Å²) in [5.41, 5.74) is 1.39. The van der Waals surface area contributed by atoms with E-state index in [0.29, 0.717) is 0 Å². The second-order valence-corrected chi connectivity index (χ2v) is 4.38. The zero-order valence-corrected chi connectivity index (χ0v) is 9.52. The average Bonchev–Trinajstić information content (AvgIpc) is 2.31. The molecular weight excluding hydrogens is 184 g/mol. The summed E-state index contributed by atoms with van der Waals surface area (Å²) in [5, 5.41) is 0.